The smallest absolute Gasteiger partial charge is 0.240 e. The summed E-state index contributed by atoms with van der Waals surface area (Å²) in [5, 5.41) is 15.8. The molecular weight excluding hydrogens is 360 g/mol. The molecule has 0 bridgehead atoms. The maximum absolute atomic E-state index is 12.4. The average Bonchev–Trinajstić information content (AvgIpc) is 2.99. The summed E-state index contributed by atoms with van der Waals surface area (Å²) >= 11 is 1.24. The van der Waals surface area contributed by atoms with Crippen molar-refractivity contribution >= 4 is 50.9 Å². The van der Waals surface area contributed by atoms with Gasteiger partial charge < -0.3 is 10.6 Å². The molecule has 2 N–H and O–H groups in total. The van der Waals surface area contributed by atoms with Crippen LogP contribution in [0.2, 0.25) is 0 Å². The summed E-state index contributed by atoms with van der Waals surface area (Å²) in [6.07, 6.45) is 0.0750. The maximum atomic E-state index is 12.4. The standard InChI is InChI=1S/C20H22N4O2S/c1-12(2)13(3)23-24-20-22-19(26)17(27-20)11-18(25)21-16-10-6-8-14-7-4-5-9-15(14)16/h4-10,12,17H,11H2,1-3H3,(H,21,25)(H,22,24,26). The normalized spacial score (nSPS) is 19.0. The first-order chi connectivity index (χ1) is 12.9. The van der Waals surface area contributed by atoms with Crippen molar-refractivity contribution in [3.05, 3.63) is 42.5 Å². The molecule has 1 atom stereocenters. The van der Waals surface area contributed by atoms with E-state index in [0.717, 1.165) is 22.2 Å². The molecule has 1 fully saturated rings. The Morgan fingerprint density at radius 3 is 2.74 bits per heavy atom. The summed E-state index contributed by atoms with van der Waals surface area (Å²) in [4.78, 5) is 24.6. The first-order valence-electron chi connectivity index (χ1n) is 8.81. The lowest BCUT2D eigenvalue weighted by atomic mass is 10.1. The molecule has 6 nitrogen and oxygen atoms in total. The van der Waals surface area contributed by atoms with Gasteiger partial charge in [-0.1, -0.05) is 62.0 Å². The van der Waals surface area contributed by atoms with E-state index < -0.39 is 5.25 Å². The van der Waals surface area contributed by atoms with Crippen molar-refractivity contribution < 1.29 is 9.59 Å². The van der Waals surface area contributed by atoms with Crippen LogP contribution in [0.4, 0.5) is 5.69 Å². The quantitative estimate of drug-likeness (QED) is 0.610. The van der Waals surface area contributed by atoms with E-state index in [0.29, 0.717) is 11.1 Å². The van der Waals surface area contributed by atoms with Gasteiger partial charge in [0.2, 0.25) is 11.8 Å². The molecule has 1 saturated heterocycles. The number of carbonyl (C=O) groups is 2. The summed E-state index contributed by atoms with van der Waals surface area (Å²) in [6, 6.07) is 13.6. The number of thioether (sulfide) groups is 1. The van der Waals surface area contributed by atoms with Gasteiger partial charge in [0.15, 0.2) is 5.17 Å². The molecule has 0 spiro atoms. The largest absolute Gasteiger partial charge is 0.325 e. The molecule has 0 saturated carbocycles. The Morgan fingerprint density at radius 2 is 1.96 bits per heavy atom. The van der Waals surface area contributed by atoms with E-state index in [9.17, 15) is 9.59 Å². The fourth-order valence-corrected chi connectivity index (χ4v) is 3.45. The molecule has 0 aromatic heterocycles. The second-order valence-corrected chi connectivity index (χ2v) is 7.87. The predicted octanol–water partition coefficient (Wildman–Crippen LogP) is 3.79. The van der Waals surface area contributed by atoms with E-state index in [1.54, 1.807) is 0 Å². The number of benzene rings is 2. The summed E-state index contributed by atoms with van der Waals surface area (Å²) < 4.78 is 0. The highest BCUT2D eigenvalue weighted by Crippen LogP contribution is 2.26. The van der Waals surface area contributed by atoms with Crippen molar-refractivity contribution in [2.45, 2.75) is 32.4 Å². The van der Waals surface area contributed by atoms with Crippen LogP contribution in [0, 0.1) is 5.92 Å². The molecule has 0 radical (unpaired) electrons. The molecule has 7 heteroatoms. The minimum atomic E-state index is -0.506. The SMILES string of the molecule is CC(=N/N=C1\NC(=O)C(CC(=O)Nc2cccc3ccccc23)S1)C(C)C. The number of hydrogen-bond acceptors (Lipinski definition) is 5. The van der Waals surface area contributed by atoms with E-state index in [2.05, 4.69) is 20.8 Å². The van der Waals surface area contributed by atoms with Gasteiger partial charge in [-0.25, -0.2) is 0 Å². The highest BCUT2D eigenvalue weighted by Gasteiger charge is 2.32. The van der Waals surface area contributed by atoms with Crippen LogP contribution in [-0.4, -0.2) is 27.9 Å². The molecule has 1 unspecified atom stereocenters. The lowest BCUT2D eigenvalue weighted by Gasteiger charge is -2.10. The fraction of sp³-hybridized carbons (Fsp3) is 0.300. The van der Waals surface area contributed by atoms with E-state index in [1.165, 1.54) is 11.8 Å². The van der Waals surface area contributed by atoms with Crippen LogP contribution in [0.5, 0.6) is 0 Å². The predicted molar refractivity (Wildman–Crippen MR) is 112 cm³/mol. The Morgan fingerprint density at radius 1 is 1.22 bits per heavy atom. The van der Waals surface area contributed by atoms with Crippen LogP contribution >= 0.6 is 11.8 Å². The second kappa shape index (κ2) is 8.35. The summed E-state index contributed by atoms with van der Waals surface area (Å²) in [6.45, 7) is 5.95. The number of carbonyl (C=O) groups excluding carboxylic acids is 2. The number of anilines is 1. The van der Waals surface area contributed by atoms with E-state index >= 15 is 0 Å². The first-order valence-corrected chi connectivity index (χ1v) is 9.69. The zero-order valence-corrected chi connectivity index (χ0v) is 16.3. The molecule has 140 valence electrons. The summed E-state index contributed by atoms with van der Waals surface area (Å²) in [5.74, 6) is -0.134. The monoisotopic (exact) mass is 382 g/mol. The van der Waals surface area contributed by atoms with Crippen molar-refractivity contribution in [1.29, 1.82) is 0 Å². The van der Waals surface area contributed by atoms with Gasteiger partial charge in [0.25, 0.3) is 0 Å². The Kier molecular flexibility index (Phi) is 5.91. The van der Waals surface area contributed by atoms with Gasteiger partial charge in [0.05, 0.1) is 0 Å². The Balaban J connectivity index is 1.65. The number of nitrogens with zero attached hydrogens (tertiary/aromatic N) is 2. The second-order valence-electron chi connectivity index (χ2n) is 6.68. The van der Waals surface area contributed by atoms with Gasteiger partial charge in [0.1, 0.15) is 5.25 Å². The molecule has 27 heavy (non-hydrogen) atoms. The number of amidine groups is 1. The minimum Gasteiger partial charge on any atom is -0.325 e. The third kappa shape index (κ3) is 4.74. The van der Waals surface area contributed by atoms with E-state index in [4.69, 9.17) is 0 Å². The Hall–Kier alpha value is -2.67. The molecule has 1 aliphatic heterocycles. The highest BCUT2D eigenvalue weighted by molar-refractivity contribution is 8.15. The summed E-state index contributed by atoms with van der Waals surface area (Å²) in [7, 11) is 0. The lowest BCUT2D eigenvalue weighted by Crippen LogP contribution is -2.28. The molecule has 2 aromatic rings. The van der Waals surface area contributed by atoms with Gasteiger partial charge in [-0.05, 0) is 24.3 Å². The Bertz CT molecular complexity index is 931. The molecule has 0 aliphatic carbocycles. The van der Waals surface area contributed by atoms with Crippen molar-refractivity contribution in [3.63, 3.8) is 0 Å². The van der Waals surface area contributed by atoms with Crippen molar-refractivity contribution in [3.8, 4) is 0 Å². The topological polar surface area (TPSA) is 82.9 Å². The maximum Gasteiger partial charge on any atom is 0.240 e. The van der Waals surface area contributed by atoms with Gasteiger partial charge in [-0.3, -0.25) is 9.59 Å². The van der Waals surface area contributed by atoms with Crippen LogP contribution in [0.15, 0.2) is 52.7 Å². The lowest BCUT2D eigenvalue weighted by molar-refractivity contribution is -0.122. The van der Waals surface area contributed by atoms with Gasteiger partial charge in [-0.15, -0.1) is 5.10 Å². The van der Waals surface area contributed by atoms with E-state index in [1.807, 2.05) is 63.2 Å². The minimum absolute atomic E-state index is 0.0750. The number of rotatable bonds is 5. The van der Waals surface area contributed by atoms with Crippen LogP contribution in [0.1, 0.15) is 27.2 Å². The number of amides is 2. The fourth-order valence-electron chi connectivity index (χ4n) is 2.53. The van der Waals surface area contributed by atoms with Crippen molar-refractivity contribution in [2.24, 2.45) is 16.1 Å². The number of hydrogen-bond donors (Lipinski definition) is 2. The molecular formula is C20H22N4O2S. The van der Waals surface area contributed by atoms with Gasteiger partial charge in [0, 0.05) is 23.2 Å². The molecule has 3 rings (SSSR count). The highest BCUT2D eigenvalue weighted by atomic mass is 32.2. The molecule has 1 aliphatic rings. The molecule has 2 aromatic carbocycles. The van der Waals surface area contributed by atoms with E-state index in [-0.39, 0.29) is 18.2 Å². The average molecular weight is 382 g/mol. The third-order valence-corrected chi connectivity index (χ3v) is 5.42. The van der Waals surface area contributed by atoms with Crippen molar-refractivity contribution in [2.75, 3.05) is 5.32 Å². The van der Waals surface area contributed by atoms with Crippen LogP contribution in [0.3, 0.4) is 0 Å². The molecule has 2 amide bonds. The zero-order chi connectivity index (χ0) is 19.4. The number of fused-ring (bicyclic) bond motifs is 1. The Labute approximate surface area is 162 Å². The van der Waals surface area contributed by atoms with Crippen molar-refractivity contribution in [1.82, 2.24) is 5.32 Å². The summed E-state index contributed by atoms with van der Waals surface area (Å²) in [5.41, 5.74) is 1.63. The van der Waals surface area contributed by atoms with Crippen LogP contribution in [0.25, 0.3) is 10.8 Å². The first kappa shape index (κ1) is 19.1. The third-order valence-electron chi connectivity index (χ3n) is 4.35. The van der Waals surface area contributed by atoms with Crippen LogP contribution < -0.4 is 10.6 Å². The zero-order valence-electron chi connectivity index (χ0n) is 15.5. The molecule has 1 heterocycles. The number of nitrogens with one attached hydrogen (secondary N) is 2. The van der Waals surface area contributed by atoms with Gasteiger partial charge >= 0.3 is 0 Å². The van der Waals surface area contributed by atoms with Crippen LogP contribution in [-0.2, 0) is 9.59 Å². The van der Waals surface area contributed by atoms with Gasteiger partial charge in [-0.2, -0.15) is 5.10 Å².